The van der Waals surface area contributed by atoms with Crippen molar-refractivity contribution in [3.63, 3.8) is 0 Å². The smallest absolute Gasteiger partial charge is 0.164 e. The molecular weight excluding hydrogens is 224 g/mol. The van der Waals surface area contributed by atoms with Gasteiger partial charge in [0.05, 0.1) is 0 Å². The van der Waals surface area contributed by atoms with Crippen LogP contribution in [0.2, 0.25) is 0 Å². The lowest BCUT2D eigenvalue weighted by Gasteiger charge is -2.21. The van der Waals surface area contributed by atoms with Crippen LogP contribution in [0.25, 0.3) is 0 Å². The number of hydrogen-bond acceptors (Lipinski definition) is 2. The fourth-order valence-corrected chi connectivity index (χ4v) is 2.03. The summed E-state index contributed by atoms with van der Waals surface area (Å²) in [6.07, 6.45) is 3.09. The Bertz CT molecular complexity index is 524. The Morgan fingerprint density at radius 3 is 2.78 bits per heavy atom. The molecule has 0 aromatic heterocycles. The van der Waals surface area contributed by atoms with Gasteiger partial charge in [0.1, 0.15) is 17.3 Å². The van der Waals surface area contributed by atoms with Crippen molar-refractivity contribution in [2.75, 3.05) is 0 Å². The number of rotatable bonds is 2. The molecule has 1 aliphatic rings. The van der Waals surface area contributed by atoms with Crippen molar-refractivity contribution in [2.24, 2.45) is 0 Å². The Morgan fingerprint density at radius 2 is 2.11 bits per heavy atom. The predicted octanol–water partition coefficient (Wildman–Crippen LogP) is 4.27. The molecule has 0 N–H and O–H groups in total. The summed E-state index contributed by atoms with van der Waals surface area (Å²) >= 11 is 0. The van der Waals surface area contributed by atoms with E-state index in [9.17, 15) is 0 Å². The lowest BCUT2D eigenvalue weighted by Crippen LogP contribution is -2.09. The van der Waals surface area contributed by atoms with E-state index in [2.05, 4.69) is 26.1 Å². The third-order valence-electron chi connectivity index (χ3n) is 3.01. The molecule has 0 spiro atoms. The minimum Gasteiger partial charge on any atom is -0.458 e. The fraction of sp³-hybridized carbons (Fsp3) is 0.250. The Labute approximate surface area is 108 Å². The number of ether oxygens (including phenoxy) is 2. The monoisotopic (exact) mass is 242 g/mol. The second-order valence-corrected chi connectivity index (χ2v) is 4.32. The molecule has 2 nitrogen and oxygen atoms in total. The van der Waals surface area contributed by atoms with Crippen LogP contribution < -0.4 is 4.74 Å². The molecule has 0 unspecified atom stereocenters. The maximum absolute atomic E-state index is 5.96. The third kappa shape index (κ3) is 2.33. The van der Waals surface area contributed by atoms with Crippen LogP contribution in [0.15, 0.2) is 54.7 Å². The van der Waals surface area contributed by atoms with Gasteiger partial charge in [0, 0.05) is 18.4 Å². The molecule has 94 valence electrons. The molecule has 1 aliphatic heterocycles. The molecule has 2 heteroatoms. The Morgan fingerprint density at radius 1 is 1.33 bits per heavy atom. The maximum Gasteiger partial charge on any atom is 0.164 e. The average Bonchev–Trinajstić information content (AvgIpc) is 2.35. The van der Waals surface area contributed by atoms with Crippen LogP contribution in [0.5, 0.6) is 5.75 Å². The first kappa shape index (κ1) is 12.5. The van der Waals surface area contributed by atoms with E-state index in [1.54, 1.807) is 6.08 Å². The molecule has 1 heterocycles. The summed E-state index contributed by atoms with van der Waals surface area (Å²) in [6.45, 7) is 11.8. The summed E-state index contributed by atoms with van der Waals surface area (Å²) in [7, 11) is 0. The molecule has 0 fully saturated rings. The van der Waals surface area contributed by atoms with Crippen molar-refractivity contribution in [3.05, 3.63) is 65.8 Å². The summed E-state index contributed by atoms with van der Waals surface area (Å²) in [5, 5.41) is 0. The van der Waals surface area contributed by atoms with Crippen LogP contribution in [-0.4, -0.2) is 0 Å². The van der Waals surface area contributed by atoms with Gasteiger partial charge in [0.15, 0.2) is 5.76 Å². The number of allylic oxidation sites excluding steroid dienone is 3. The van der Waals surface area contributed by atoms with E-state index in [0.29, 0.717) is 12.2 Å². The van der Waals surface area contributed by atoms with Crippen molar-refractivity contribution in [2.45, 2.75) is 26.7 Å². The van der Waals surface area contributed by atoms with Gasteiger partial charge in [-0.25, -0.2) is 0 Å². The highest BCUT2D eigenvalue weighted by molar-refractivity contribution is 5.43. The molecule has 0 bridgehead atoms. The number of benzene rings is 1. The van der Waals surface area contributed by atoms with Crippen molar-refractivity contribution in [3.8, 4) is 5.75 Å². The zero-order valence-electron chi connectivity index (χ0n) is 11.0. The van der Waals surface area contributed by atoms with Crippen LogP contribution >= 0.6 is 0 Å². The van der Waals surface area contributed by atoms with E-state index in [1.165, 1.54) is 5.56 Å². The molecule has 1 aromatic rings. The van der Waals surface area contributed by atoms with Gasteiger partial charge in [0.25, 0.3) is 0 Å². The van der Waals surface area contributed by atoms with Gasteiger partial charge in [-0.3, -0.25) is 0 Å². The normalized spacial score (nSPS) is 19.1. The van der Waals surface area contributed by atoms with Crippen LogP contribution in [0.1, 0.15) is 24.5 Å². The molecule has 0 aliphatic carbocycles. The largest absolute Gasteiger partial charge is 0.458 e. The van der Waals surface area contributed by atoms with Crippen molar-refractivity contribution in [1.29, 1.82) is 0 Å². The third-order valence-corrected chi connectivity index (χ3v) is 3.01. The lowest BCUT2D eigenvalue weighted by molar-refractivity contribution is 0.264. The molecular formula is C16H18O2. The minimum atomic E-state index is 0.662. The van der Waals surface area contributed by atoms with Gasteiger partial charge >= 0.3 is 0 Å². The Hall–Kier alpha value is -1.96. The van der Waals surface area contributed by atoms with E-state index in [0.717, 1.165) is 29.3 Å². The highest BCUT2D eigenvalue weighted by Crippen LogP contribution is 2.31. The number of aryl methyl sites for hydroxylation is 1. The quantitative estimate of drug-likeness (QED) is 0.771. The highest BCUT2D eigenvalue weighted by Gasteiger charge is 2.17. The topological polar surface area (TPSA) is 18.5 Å². The van der Waals surface area contributed by atoms with E-state index in [-0.39, 0.29) is 0 Å². The van der Waals surface area contributed by atoms with Crippen LogP contribution in [0.3, 0.4) is 0 Å². The van der Waals surface area contributed by atoms with Gasteiger partial charge in [-0.05, 0) is 24.6 Å². The van der Waals surface area contributed by atoms with Gasteiger partial charge in [-0.2, -0.15) is 0 Å². The van der Waals surface area contributed by atoms with Gasteiger partial charge in [-0.15, -0.1) is 0 Å². The van der Waals surface area contributed by atoms with Crippen molar-refractivity contribution in [1.82, 2.24) is 0 Å². The van der Waals surface area contributed by atoms with E-state index >= 15 is 0 Å². The number of hydrogen-bond donors (Lipinski definition) is 0. The second kappa shape index (κ2) is 5.13. The Balaban J connectivity index is 2.54. The van der Waals surface area contributed by atoms with Crippen molar-refractivity contribution >= 4 is 0 Å². The molecule has 0 amide bonds. The SMILES string of the molecule is C=C/C1=C(\CC)Oc2cccc(C)c2CC(=C)O1. The molecule has 0 atom stereocenters. The first-order valence-electron chi connectivity index (χ1n) is 6.13. The predicted molar refractivity (Wildman–Crippen MR) is 73.3 cm³/mol. The van der Waals surface area contributed by atoms with Gasteiger partial charge < -0.3 is 9.47 Å². The molecule has 0 radical (unpaired) electrons. The van der Waals surface area contributed by atoms with E-state index < -0.39 is 0 Å². The summed E-state index contributed by atoms with van der Waals surface area (Å²) in [5.74, 6) is 3.05. The summed E-state index contributed by atoms with van der Waals surface area (Å²) in [5.41, 5.74) is 2.33. The number of fused-ring (bicyclic) bond motifs is 1. The van der Waals surface area contributed by atoms with Crippen LogP contribution in [0.4, 0.5) is 0 Å². The zero-order chi connectivity index (χ0) is 13.1. The highest BCUT2D eigenvalue weighted by atomic mass is 16.5. The molecule has 2 rings (SSSR count). The van der Waals surface area contributed by atoms with E-state index in [4.69, 9.17) is 9.47 Å². The van der Waals surface area contributed by atoms with E-state index in [1.807, 2.05) is 19.1 Å². The Kier molecular flexibility index (Phi) is 3.56. The average molecular weight is 242 g/mol. The summed E-state index contributed by atoms with van der Waals surface area (Å²) < 4.78 is 11.7. The zero-order valence-corrected chi connectivity index (χ0v) is 11.0. The molecule has 1 aromatic carbocycles. The van der Waals surface area contributed by atoms with Gasteiger partial charge in [-0.1, -0.05) is 32.2 Å². The lowest BCUT2D eigenvalue weighted by atomic mass is 10.0. The molecule has 0 saturated carbocycles. The molecule has 18 heavy (non-hydrogen) atoms. The first-order valence-corrected chi connectivity index (χ1v) is 6.13. The molecule has 0 saturated heterocycles. The second-order valence-electron chi connectivity index (χ2n) is 4.32. The van der Waals surface area contributed by atoms with Gasteiger partial charge in [0.2, 0.25) is 0 Å². The summed E-state index contributed by atoms with van der Waals surface area (Å²) in [6, 6.07) is 6.05. The first-order chi connectivity index (χ1) is 8.65. The standard InChI is InChI=1S/C16H18O2/c1-5-14-15(6-2)18-16-9-7-8-11(3)13(16)10-12(4)17-14/h5,7-9H,1,4,6,10H2,2-3H3/b15-14-. The van der Waals surface area contributed by atoms with Crippen LogP contribution in [-0.2, 0) is 11.2 Å². The van der Waals surface area contributed by atoms with Crippen molar-refractivity contribution < 1.29 is 9.47 Å². The fourth-order valence-electron chi connectivity index (χ4n) is 2.03. The van der Waals surface area contributed by atoms with Crippen LogP contribution in [0, 0.1) is 6.92 Å². The summed E-state index contributed by atoms with van der Waals surface area (Å²) in [4.78, 5) is 0. The maximum atomic E-state index is 5.96. The minimum absolute atomic E-state index is 0.662.